The first-order valence-electron chi connectivity index (χ1n) is 4.01. The number of nitriles is 1. The number of benzene rings is 1. The third-order valence-electron chi connectivity index (χ3n) is 1.94. The highest BCUT2D eigenvalue weighted by Crippen LogP contribution is 2.28. The topological polar surface area (TPSA) is 61.1 Å². The molecule has 1 N–H and O–H groups in total. The van der Waals surface area contributed by atoms with Crippen LogP contribution < -0.4 is 0 Å². The third-order valence-corrected chi connectivity index (χ3v) is 1.94. The van der Waals surface area contributed by atoms with Crippen LogP contribution in [-0.2, 0) is 4.79 Å². The molecule has 88 valence electrons. The van der Waals surface area contributed by atoms with Crippen LogP contribution in [-0.4, -0.2) is 11.1 Å². The van der Waals surface area contributed by atoms with Gasteiger partial charge in [0.25, 0.3) is 0 Å². The van der Waals surface area contributed by atoms with Gasteiger partial charge in [0, 0.05) is 0 Å². The fourth-order valence-corrected chi connectivity index (χ4v) is 1.10. The van der Waals surface area contributed by atoms with Crippen molar-refractivity contribution < 1.29 is 27.5 Å². The number of hydrogen-bond acceptors (Lipinski definition) is 2. The summed E-state index contributed by atoms with van der Waals surface area (Å²) in [4.78, 5) is 10.4. The Labute approximate surface area is 92.2 Å². The number of carboxylic acids is 1. The van der Waals surface area contributed by atoms with Crippen molar-refractivity contribution in [2.24, 2.45) is 0 Å². The number of halogens is 4. The average molecular weight is 245 g/mol. The minimum absolute atomic E-state index is 0.933. The van der Waals surface area contributed by atoms with E-state index in [1.165, 1.54) is 0 Å². The van der Waals surface area contributed by atoms with Gasteiger partial charge in [-0.15, -0.1) is 0 Å². The molecular weight excluding hydrogens is 242 g/mol. The number of rotatable bonds is 2. The highest BCUT2D eigenvalue weighted by atomic mass is 19.2. The van der Waals surface area contributed by atoms with Crippen molar-refractivity contribution in [3.8, 4) is 6.07 Å². The van der Waals surface area contributed by atoms with E-state index < -0.39 is 45.9 Å². The van der Waals surface area contributed by atoms with Gasteiger partial charge in [0.05, 0.1) is 11.1 Å². The number of carbonyl (C=O) groups is 1. The molecule has 1 aromatic rings. The Morgan fingerprint density at radius 3 is 1.82 bits per heavy atom. The maximum Gasteiger partial charge on any atom is 0.335 e. The van der Waals surface area contributed by atoms with Crippen LogP contribution in [0, 0.1) is 34.6 Å². The minimum atomic E-state index is -1.96. The first-order valence-corrected chi connectivity index (χ1v) is 4.01. The van der Waals surface area contributed by atoms with Crippen molar-refractivity contribution in [3.05, 3.63) is 41.0 Å². The lowest BCUT2D eigenvalue weighted by Gasteiger charge is -2.07. The molecule has 0 atom stereocenters. The number of carboxylic acid groups (broad SMARTS) is 1. The molecule has 0 radical (unpaired) electrons. The van der Waals surface area contributed by atoms with Gasteiger partial charge in [-0.3, -0.25) is 0 Å². The molecule has 0 fully saturated rings. The molecule has 0 aliphatic rings. The molecule has 0 spiro atoms. The van der Waals surface area contributed by atoms with Gasteiger partial charge in [-0.25, -0.2) is 22.4 Å². The van der Waals surface area contributed by atoms with Crippen LogP contribution in [0.4, 0.5) is 17.6 Å². The molecule has 17 heavy (non-hydrogen) atoms. The van der Waals surface area contributed by atoms with Crippen molar-refractivity contribution >= 4 is 11.5 Å². The van der Waals surface area contributed by atoms with Crippen LogP contribution in [0.25, 0.3) is 5.57 Å². The van der Waals surface area contributed by atoms with Crippen molar-refractivity contribution in [1.82, 2.24) is 0 Å². The molecule has 0 saturated carbocycles. The highest BCUT2D eigenvalue weighted by Gasteiger charge is 2.28. The number of nitrogens with zero attached hydrogens (tertiary/aromatic N) is 1. The molecule has 1 rings (SSSR count). The predicted molar refractivity (Wildman–Crippen MR) is 47.7 cm³/mol. The second-order valence-corrected chi connectivity index (χ2v) is 2.90. The van der Waals surface area contributed by atoms with Crippen LogP contribution in [0.5, 0.6) is 0 Å². The first kappa shape index (κ1) is 12.7. The Kier molecular flexibility index (Phi) is 3.18. The second kappa shape index (κ2) is 4.25. The Morgan fingerprint density at radius 1 is 1.12 bits per heavy atom. The molecule has 0 heterocycles. The zero-order chi connectivity index (χ0) is 13.3. The fourth-order valence-electron chi connectivity index (χ4n) is 1.10. The van der Waals surface area contributed by atoms with E-state index in [4.69, 9.17) is 10.4 Å². The summed E-state index contributed by atoms with van der Waals surface area (Å²) in [6.07, 6.45) is 0. The van der Waals surface area contributed by atoms with E-state index in [9.17, 15) is 22.4 Å². The van der Waals surface area contributed by atoms with E-state index in [-0.39, 0.29) is 0 Å². The smallest absolute Gasteiger partial charge is 0.335 e. The van der Waals surface area contributed by atoms with Crippen LogP contribution in [0.3, 0.4) is 0 Å². The standard InChI is InChI=1S/C10H3F4NO2/c1-3(10(16)17)5-8(13)6(11)4(2-15)7(12)9(5)14/h1H2,(H,16,17). The van der Waals surface area contributed by atoms with Gasteiger partial charge in [-0.05, 0) is 0 Å². The van der Waals surface area contributed by atoms with E-state index in [0.29, 0.717) is 0 Å². The summed E-state index contributed by atoms with van der Waals surface area (Å²) in [6.45, 7) is 2.79. The van der Waals surface area contributed by atoms with Gasteiger partial charge in [-0.2, -0.15) is 5.26 Å². The summed E-state index contributed by atoms with van der Waals surface area (Å²) in [5.41, 5.74) is -4.05. The molecule has 0 aromatic heterocycles. The van der Waals surface area contributed by atoms with E-state index in [1.54, 1.807) is 0 Å². The lowest BCUT2D eigenvalue weighted by atomic mass is 10.0. The van der Waals surface area contributed by atoms with Crippen LogP contribution in [0.15, 0.2) is 6.58 Å². The Hall–Kier alpha value is -2.36. The third kappa shape index (κ3) is 1.85. The van der Waals surface area contributed by atoms with E-state index in [0.717, 1.165) is 6.07 Å². The molecule has 1 aromatic carbocycles. The van der Waals surface area contributed by atoms with Gasteiger partial charge in [0.2, 0.25) is 0 Å². The fraction of sp³-hybridized carbons (Fsp3) is 0. The van der Waals surface area contributed by atoms with E-state index in [2.05, 4.69) is 6.58 Å². The van der Waals surface area contributed by atoms with Crippen molar-refractivity contribution in [2.75, 3.05) is 0 Å². The van der Waals surface area contributed by atoms with Gasteiger partial charge >= 0.3 is 5.97 Å². The molecular formula is C10H3F4NO2. The molecule has 0 aliphatic heterocycles. The maximum absolute atomic E-state index is 13.2. The monoisotopic (exact) mass is 245 g/mol. The lowest BCUT2D eigenvalue weighted by Crippen LogP contribution is -2.10. The SMILES string of the molecule is C=C(C(=O)O)c1c(F)c(F)c(C#N)c(F)c1F. The average Bonchev–Trinajstić information content (AvgIpc) is 2.27. The van der Waals surface area contributed by atoms with Crippen molar-refractivity contribution in [1.29, 1.82) is 5.26 Å². The number of hydrogen-bond donors (Lipinski definition) is 1. The van der Waals surface area contributed by atoms with Crippen molar-refractivity contribution in [3.63, 3.8) is 0 Å². The molecule has 0 unspecified atom stereocenters. The van der Waals surface area contributed by atoms with Crippen molar-refractivity contribution in [2.45, 2.75) is 0 Å². The van der Waals surface area contributed by atoms with Gasteiger partial charge in [-0.1, -0.05) is 6.58 Å². The molecule has 0 aliphatic carbocycles. The summed E-state index contributed by atoms with van der Waals surface area (Å²) >= 11 is 0. The van der Waals surface area contributed by atoms with E-state index >= 15 is 0 Å². The summed E-state index contributed by atoms with van der Waals surface area (Å²) in [6, 6.07) is 0.933. The van der Waals surface area contributed by atoms with Crippen LogP contribution >= 0.6 is 0 Å². The Balaban J connectivity index is 3.72. The van der Waals surface area contributed by atoms with Crippen LogP contribution in [0.2, 0.25) is 0 Å². The first-order chi connectivity index (χ1) is 7.82. The molecule has 0 saturated heterocycles. The van der Waals surface area contributed by atoms with E-state index in [1.807, 2.05) is 0 Å². The second-order valence-electron chi connectivity index (χ2n) is 2.90. The molecule has 0 amide bonds. The largest absolute Gasteiger partial charge is 0.478 e. The zero-order valence-corrected chi connectivity index (χ0v) is 8.02. The van der Waals surface area contributed by atoms with Gasteiger partial charge in [0.1, 0.15) is 11.6 Å². The summed E-state index contributed by atoms with van der Waals surface area (Å²) in [5, 5.41) is 16.7. The predicted octanol–water partition coefficient (Wildman–Crippen LogP) is 2.21. The summed E-state index contributed by atoms with van der Waals surface area (Å²) in [7, 11) is 0. The maximum atomic E-state index is 13.2. The lowest BCUT2D eigenvalue weighted by molar-refractivity contribution is -0.130. The summed E-state index contributed by atoms with van der Waals surface area (Å²) in [5.74, 6) is -9.68. The van der Waals surface area contributed by atoms with Crippen LogP contribution in [0.1, 0.15) is 11.1 Å². The number of aliphatic carboxylic acids is 1. The molecule has 7 heteroatoms. The molecule has 3 nitrogen and oxygen atoms in total. The van der Waals surface area contributed by atoms with Gasteiger partial charge in [0.15, 0.2) is 23.3 Å². The summed E-state index contributed by atoms with van der Waals surface area (Å²) < 4.78 is 52.7. The highest BCUT2D eigenvalue weighted by molar-refractivity contribution is 6.14. The quantitative estimate of drug-likeness (QED) is 0.493. The zero-order valence-electron chi connectivity index (χ0n) is 8.02. The molecule has 0 bridgehead atoms. The Morgan fingerprint density at radius 2 is 1.53 bits per heavy atom. The van der Waals surface area contributed by atoms with Gasteiger partial charge < -0.3 is 5.11 Å². The Bertz CT molecular complexity index is 546. The minimum Gasteiger partial charge on any atom is -0.478 e. The normalized spacial score (nSPS) is 9.82.